The number of aromatic nitrogens is 2. The van der Waals surface area contributed by atoms with Crippen LogP contribution in [0, 0.1) is 0 Å². The molecule has 0 aliphatic heterocycles. The number of rotatable bonds is 7. The van der Waals surface area contributed by atoms with Gasteiger partial charge in [-0.25, -0.2) is 0 Å². The van der Waals surface area contributed by atoms with E-state index in [2.05, 4.69) is 5.32 Å². The van der Waals surface area contributed by atoms with Crippen molar-refractivity contribution in [3.63, 3.8) is 0 Å². The van der Waals surface area contributed by atoms with E-state index in [-0.39, 0.29) is 18.0 Å². The van der Waals surface area contributed by atoms with E-state index >= 15 is 0 Å². The smallest absolute Gasteiger partial charge is 0.275 e. The molecule has 0 atom stereocenters. The Morgan fingerprint density at radius 2 is 1.61 bits per heavy atom. The number of anilines is 1. The van der Waals surface area contributed by atoms with Gasteiger partial charge in [0, 0.05) is 36.1 Å². The van der Waals surface area contributed by atoms with E-state index < -0.39 is 0 Å². The highest BCUT2D eigenvalue weighted by Crippen LogP contribution is 2.29. The highest BCUT2D eigenvalue weighted by Gasteiger charge is 2.12. The van der Waals surface area contributed by atoms with Crippen LogP contribution in [0.5, 0.6) is 11.5 Å². The van der Waals surface area contributed by atoms with Crippen molar-refractivity contribution in [1.82, 2.24) is 9.13 Å². The van der Waals surface area contributed by atoms with E-state index in [1.165, 1.54) is 11.7 Å². The molecule has 2 heterocycles. The molecule has 2 aromatic heterocycles. The van der Waals surface area contributed by atoms with E-state index in [0.29, 0.717) is 29.2 Å². The maximum Gasteiger partial charge on any atom is 0.275 e. The number of amides is 1. The van der Waals surface area contributed by atoms with Crippen LogP contribution in [-0.4, -0.2) is 29.3 Å². The lowest BCUT2D eigenvalue weighted by atomic mass is 10.2. The van der Waals surface area contributed by atoms with Gasteiger partial charge >= 0.3 is 0 Å². The van der Waals surface area contributed by atoms with Gasteiger partial charge in [-0.3, -0.25) is 9.59 Å². The number of hydrogen-bond acceptors (Lipinski definition) is 4. The number of hydrogen-bond donors (Lipinski definition) is 1. The van der Waals surface area contributed by atoms with E-state index in [1.54, 1.807) is 31.5 Å². The van der Waals surface area contributed by atoms with E-state index in [4.69, 9.17) is 9.47 Å². The Kier molecular flexibility index (Phi) is 5.75. The standard InChI is InChI=1S/C24H23N3O4/c1-30-20-9-8-19(14-21(20)31-2)25-22(28)16-27-13-11-18-10-12-26(23(18)24(27)29)15-17-6-4-3-5-7-17/h3-14H,15-16H2,1-2H3,(H,25,28). The van der Waals surface area contributed by atoms with Gasteiger partial charge in [0.05, 0.1) is 14.2 Å². The van der Waals surface area contributed by atoms with Crippen molar-refractivity contribution < 1.29 is 14.3 Å². The lowest BCUT2D eigenvalue weighted by Crippen LogP contribution is -2.28. The van der Waals surface area contributed by atoms with Crippen LogP contribution < -0.4 is 20.3 Å². The Morgan fingerprint density at radius 1 is 0.903 bits per heavy atom. The fraction of sp³-hybridized carbons (Fsp3) is 0.167. The third-order valence-electron chi connectivity index (χ3n) is 5.07. The lowest BCUT2D eigenvalue weighted by Gasteiger charge is -2.12. The predicted molar refractivity (Wildman–Crippen MR) is 120 cm³/mol. The molecule has 0 saturated heterocycles. The van der Waals surface area contributed by atoms with Gasteiger partial charge in [-0.1, -0.05) is 30.3 Å². The van der Waals surface area contributed by atoms with Crippen molar-refractivity contribution in [2.75, 3.05) is 19.5 Å². The van der Waals surface area contributed by atoms with Gasteiger partial charge in [-0.15, -0.1) is 0 Å². The maximum atomic E-state index is 13.1. The lowest BCUT2D eigenvalue weighted by molar-refractivity contribution is -0.116. The van der Waals surface area contributed by atoms with Crippen molar-refractivity contribution in [2.24, 2.45) is 0 Å². The second-order valence-electron chi connectivity index (χ2n) is 7.10. The van der Waals surface area contributed by atoms with Crippen LogP contribution in [0.15, 0.2) is 77.9 Å². The highest BCUT2D eigenvalue weighted by atomic mass is 16.5. The molecule has 31 heavy (non-hydrogen) atoms. The molecule has 0 aliphatic rings. The Bertz CT molecular complexity index is 1280. The summed E-state index contributed by atoms with van der Waals surface area (Å²) in [5, 5.41) is 3.64. The first-order valence-electron chi connectivity index (χ1n) is 9.83. The molecule has 1 N–H and O–H groups in total. The molecular formula is C24H23N3O4. The van der Waals surface area contributed by atoms with Crippen molar-refractivity contribution >= 4 is 22.5 Å². The molecule has 0 unspecified atom stereocenters. The third kappa shape index (κ3) is 4.30. The number of ether oxygens (including phenoxy) is 2. The molecule has 7 nitrogen and oxygen atoms in total. The summed E-state index contributed by atoms with van der Waals surface area (Å²) in [6.07, 6.45) is 3.54. The summed E-state index contributed by atoms with van der Waals surface area (Å²) in [7, 11) is 3.08. The Hall–Kier alpha value is -4.00. The van der Waals surface area contributed by atoms with Crippen molar-refractivity contribution in [1.29, 1.82) is 0 Å². The molecule has 158 valence electrons. The fourth-order valence-corrected chi connectivity index (χ4v) is 3.55. The van der Waals surface area contributed by atoms with Gasteiger partial charge in [0.15, 0.2) is 11.5 Å². The van der Waals surface area contributed by atoms with Crippen LogP contribution in [0.25, 0.3) is 10.9 Å². The van der Waals surface area contributed by atoms with Crippen LogP contribution >= 0.6 is 0 Å². The number of benzene rings is 2. The number of nitrogens with zero attached hydrogens (tertiary/aromatic N) is 2. The summed E-state index contributed by atoms with van der Waals surface area (Å²) in [6.45, 7) is 0.487. The summed E-state index contributed by atoms with van der Waals surface area (Å²) < 4.78 is 13.8. The molecule has 4 aromatic rings. The zero-order valence-electron chi connectivity index (χ0n) is 17.4. The van der Waals surface area contributed by atoms with Gasteiger partial charge in [-0.2, -0.15) is 0 Å². The van der Waals surface area contributed by atoms with Crippen molar-refractivity contribution in [2.45, 2.75) is 13.1 Å². The van der Waals surface area contributed by atoms with Gasteiger partial charge in [0.2, 0.25) is 5.91 Å². The van der Waals surface area contributed by atoms with Crippen LogP contribution in [0.3, 0.4) is 0 Å². The highest BCUT2D eigenvalue weighted by molar-refractivity contribution is 5.91. The van der Waals surface area contributed by atoms with E-state index in [0.717, 1.165) is 10.9 Å². The Labute approximate surface area is 179 Å². The van der Waals surface area contributed by atoms with Crippen LogP contribution in [0.1, 0.15) is 5.56 Å². The van der Waals surface area contributed by atoms with Crippen molar-refractivity contribution in [3.05, 3.63) is 89.0 Å². The van der Waals surface area contributed by atoms with E-state index in [9.17, 15) is 9.59 Å². The molecule has 1 amide bonds. The summed E-state index contributed by atoms with van der Waals surface area (Å²) in [6, 6.07) is 18.8. The summed E-state index contributed by atoms with van der Waals surface area (Å²) in [4.78, 5) is 25.7. The number of carbonyl (C=O) groups excluding carboxylic acids is 1. The Morgan fingerprint density at radius 3 is 2.32 bits per heavy atom. The third-order valence-corrected chi connectivity index (χ3v) is 5.07. The average molecular weight is 417 g/mol. The van der Waals surface area contributed by atoms with Crippen LogP contribution in [-0.2, 0) is 17.9 Å². The normalized spacial score (nSPS) is 10.8. The number of methoxy groups -OCH3 is 2. The SMILES string of the molecule is COc1ccc(NC(=O)Cn2ccc3ccn(Cc4ccccc4)c3c2=O)cc1OC. The summed E-state index contributed by atoms with van der Waals surface area (Å²) in [5.74, 6) is 0.772. The Balaban J connectivity index is 1.56. The molecule has 7 heteroatoms. The number of fused-ring (bicyclic) bond motifs is 1. The van der Waals surface area contributed by atoms with Crippen molar-refractivity contribution in [3.8, 4) is 11.5 Å². The molecule has 0 radical (unpaired) electrons. The zero-order chi connectivity index (χ0) is 21.8. The van der Waals surface area contributed by atoms with Gasteiger partial charge in [-0.05, 0) is 29.8 Å². The fourth-order valence-electron chi connectivity index (χ4n) is 3.55. The predicted octanol–water partition coefficient (Wildman–Crippen LogP) is 3.51. The largest absolute Gasteiger partial charge is 0.493 e. The zero-order valence-corrected chi connectivity index (χ0v) is 17.4. The monoisotopic (exact) mass is 417 g/mol. The number of carbonyl (C=O) groups is 1. The molecule has 0 aliphatic carbocycles. The molecule has 4 rings (SSSR count). The number of pyridine rings is 1. The molecule has 0 saturated carbocycles. The second kappa shape index (κ2) is 8.79. The van der Waals surface area contributed by atoms with Crippen LogP contribution in [0.4, 0.5) is 5.69 Å². The second-order valence-corrected chi connectivity index (χ2v) is 7.10. The number of nitrogens with one attached hydrogen (secondary N) is 1. The molecule has 2 aromatic carbocycles. The first-order chi connectivity index (χ1) is 15.1. The first-order valence-corrected chi connectivity index (χ1v) is 9.83. The van der Waals surface area contributed by atoms with E-state index in [1.807, 2.05) is 53.2 Å². The molecule has 0 bridgehead atoms. The minimum Gasteiger partial charge on any atom is -0.493 e. The van der Waals surface area contributed by atoms with Gasteiger partial charge in [0.1, 0.15) is 12.1 Å². The van der Waals surface area contributed by atoms with Crippen LogP contribution in [0.2, 0.25) is 0 Å². The average Bonchev–Trinajstić information content (AvgIpc) is 3.19. The minimum atomic E-state index is -0.310. The molecule has 0 spiro atoms. The quantitative estimate of drug-likeness (QED) is 0.499. The first kappa shape index (κ1) is 20.3. The van der Waals surface area contributed by atoms with Gasteiger partial charge < -0.3 is 23.9 Å². The molecule has 0 fully saturated rings. The molecular weight excluding hydrogens is 394 g/mol. The summed E-state index contributed by atoms with van der Waals surface area (Å²) in [5.41, 5.74) is 2.02. The minimum absolute atomic E-state index is 0.0976. The topological polar surface area (TPSA) is 74.5 Å². The van der Waals surface area contributed by atoms with Gasteiger partial charge in [0.25, 0.3) is 5.56 Å². The maximum absolute atomic E-state index is 13.1. The summed E-state index contributed by atoms with van der Waals surface area (Å²) >= 11 is 0.